The van der Waals surface area contributed by atoms with E-state index in [9.17, 15) is 25.2 Å². The van der Waals surface area contributed by atoms with E-state index in [-0.39, 0.29) is 12.3 Å². The predicted octanol–water partition coefficient (Wildman–Crippen LogP) is -2.63. The summed E-state index contributed by atoms with van der Waals surface area (Å²) in [4.78, 5) is 11.3. The van der Waals surface area contributed by atoms with Gasteiger partial charge in [-0.3, -0.25) is 4.79 Å². The molecular formula is C12H24O8. The number of esters is 1. The van der Waals surface area contributed by atoms with Gasteiger partial charge in [-0.25, -0.2) is 0 Å². The van der Waals surface area contributed by atoms with Crippen LogP contribution in [0.25, 0.3) is 0 Å². The molecule has 0 aromatic rings. The summed E-state index contributed by atoms with van der Waals surface area (Å²) in [6.45, 7) is 2.07. The number of aliphatic hydroxyl groups is 6. The molecular weight excluding hydrogens is 272 g/mol. The molecule has 20 heavy (non-hydrogen) atoms. The monoisotopic (exact) mass is 296 g/mol. The lowest BCUT2D eigenvalue weighted by atomic mass is 10.0. The number of carbonyl (C=O) groups is 1. The topological polar surface area (TPSA) is 148 Å². The van der Waals surface area contributed by atoms with Gasteiger partial charge in [-0.2, -0.15) is 0 Å². The standard InChI is InChI=1S/C12H24O8/c1-6(2)7(14)3-10(17)20-5-9(16)12(19)11(18)8(15)4-13/h6-9,11-16,18-19H,3-5H2,1-2H3/t7?,8-,9-,11-,12-/m0/s1. The van der Waals surface area contributed by atoms with Gasteiger partial charge >= 0.3 is 5.97 Å². The van der Waals surface area contributed by atoms with Crippen LogP contribution in [0.2, 0.25) is 0 Å². The Kier molecular flexibility index (Phi) is 8.86. The lowest BCUT2D eigenvalue weighted by molar-refractivity contribution is -0.158. The first-order chi connectivity index (χ1) is 9.20. The van der Waals surface area contributed by atoms with Crippen LogP contribution in [0, 0.1) is 5.92 Å². The van der Waals surface area contributed by atoms with E-state index in [0.717, 1.165) is 0 Å². The fourth-order valence-electron chi connectivity index (χ4n) is 1.31. The summed E-state index contributed by atoms with van der Waals surface area (Å²) in [5, 5.41) is 55.4. The van der Waals surface area contributed by atoms with E-state index in [1.165, 1.54) is 0 Å². The van der Waals surface area contributed by atoms with Crippen molar-refractivity contribution < 1.29 is 40.2 Å². The van der Waals surface area contributed by atoms with Gasteiger partial charge in [-0.1, -0.05) is 13.8 Å². The van der Waals surface area contributed by atoms with Gasteiger partial charge in [0.15, 0.2) is 0 Å². The predicted molar refractivity (Wildman–Crippen MR) is 67.5 cm³/mol. The third-order valence-electron chi connectivity index (χ3n) is 2.89. The summed E-state index contributed by atoms with van der Waals surface area (Å²) < 4.78 is 4.65. The number of rotatable bonds is 9. The second-order valence-electron chi connectivity index (χ2n) is 5.00. The van der Waals surface area contributed by atoms with Gasteiger partial charge in [0.25, 0.3) is 0 Å². The minimum absolute atomic E-state index is 0.125. The Morgan fingerprint density at radius 3 is 1.90 bits per heavy atom. The smallest absolute Gasteiger partial charge is 0.308 e. The molecule has 6 N–H and O–H groups in total. The summed E-state index contributed by atoms with van der Waals surface area (Å²) in [6, 6.07) is 0. The molecule has 0 amide bonds. The molecule has 0 saturated carbocycles. The number of aliphatic hydroxyl groups excluding tert-OH is 6. The van der Waals surface area contributed by atoms with Crippen LogP contribution >= 0.6 is 0 Å². The second kappa shape index (κ2) is 9.22. The molecule has 0 aliphatic rings. The quantitative estimate of drug-likeness (QED) is 0.253. The van der Waals surface area contributed by atoms with Crippen molar-refractivity contribution in [3.8, 4) is 0 Å². The Bertz CT molecular complexity index is 283. The molecule has 0 rings (SSSR count). The van der Waals surface area contributed by atoms with Gasteiger partial charge in [-0.05, 0) is 5.92 Å². The number of hydrogen-bond acceptors (Lipinski definition) is 8. The van der Waals surface area contributed by atoms with Crippen molar-refractivity contribution in [2.45, 2.75) is 50.8 Å². The Hall–Kier alpha value is -0.770. The Labute approximate surface area is 117 Å². The highest BCUT2D eigenvalue weighted by molar-refractivity contribution is 5.69. The molecule has 8 nitrogen and oxygen atoms in total. The third kappa shape index (κ3) is 6.60. The first-order valence-corrected chi connectivity index (χ1v) is 6.37. The Balaban J connectivity index is 4.15. The molecule has 0 fully saturated rings. The van der Waals surface area contributed by atoms with Crippen molar-refractivity contribution in [3.05, 3.63) is 0 Å². The minimum Gasteiger partial charge on any atom is -0.463 e. The van der Waals surface area contributed by atoms with Crippen LogP contribution in [0.3, 0.4) is 0 Å². The first kappa shape index (κ1) is 19.2. The Morgan fingerprint density at radius 2 is 1.45 bits per heavy atom. The zero-order chi connectivity index (χ0) is 15.9. The molecule has 0 radical (unpaired) electrons. The first-order valence-electron chi connectivity index (χ1n) is 6.37. The Morgan fingerprint density at radius 1 is 0.950 bits per heavy atom. The maximum absolute atomic E-state index is 11.3. The molecule has 0 bridgehead atoms. The molecule has 120 valence electrons. The summed E-state index contributed by atoms with van der Waals surface area (Å²) in [7, 11) is 0. The van der Waals surface area contributed by atoms with E-state index in [0.29, 0.717) is 0 Å². The summed E-state index contributed by atoms with van der Waals surface area (Å²) in [6.07, 6.45) is -7.90. The molecule has 0 saturated heterocycles. The summed E-state index contributed by atoms with van der Waals surface area (Å²) in [5.41, 5.74) is 0. The van der Waals surface area contributed by atoms with Crippen LogP contribution in [-0.4, -0.2) is 80.3 Å². The fourth-order valence-corrected chi connectivity index (χ4v) is 1.31. The summed E-state index contributed by atoms with van der Waals surface area (Å²) in [5.74, 6) is -0.880. The van der Waals surface area contributed by atoms with E-state index in [1.54, 1.807) is 13.8 Å². The van der Waals surface area contributed by atoms with Gasteiger partial charge in [-0.15, -0.1) is 0 Å². The fraction of sp³-hybridized carbons (Fsp3) is 0.917. The van der Waals surface area contributed by atoms with Crippen LogP contribution in [0.1, 0.15) is 20.3 Å². The minimum atomic E-state index is -1.78. The molecule has 1 unspecified atom stereocenters. The van der Waals surface area contributed by atoms with E-state index in [1.807, 2.05) is 0 Å². The highest BCUT2D eigenvalue weighted by Crippen LogP contribution is 2.09. The maximum Gasteiger partial charge on any atom is 0.308 e. The van der Waals surface area contributed by atoms with Crippen molar-refractivity contribution in [2.24, 2.45) is 5.92 Å². The molecule has 0 aliphatic heterocycles. The van der Waals surface area contributed by atoms with Crippen molar-refractivity contribution in [1.82, 2.24) is 0 Å². The van der Waals surface area contributed by atoms with Gasteiger partial charge in [0.2, 0.25) is 0 Å². The van der Waals surface area contributed by atoms with Crippen LogP contribution < -0.4 is 0 Å². The lowest BCUT2D eigenvalue weighted by Crippen LogP contribution is -2.47. The number of ether oxygens (including phenoxy) is 1. The van der Waals surface area contributed by atoms with Crippen molar-refractivity contribution >= 4 is 5.97 Å². The zero-order valence-corrected chi connectivity index (χ0v) is 11.6. The normalized spacial score (nSPS) is 19.2. The largest absolute Gasteiger partial charge is 0.463 e. The van der Waals surface area contributed by atoms with Crippen LogP contribution in [0.5, 0.6) is 0 Å². The van der Waals surface area contributed by atoms with Gasteiger partial charge in [0.05, 0.1) is 19.1 Å². The van der Waals surface area contributed by atoms with Crippen molar-refractivity contribution in [1.29, 1.82) is 0 Å². The zero-order valence-electron chi connectivity index (χ0n) is 11.6. The molecule has 0 spiro atoms. The van der Waals surface area contributed by atoms with E-state index < -0.39 is 49.7 Å². The van der Waals surface area contributed by atoms with Gasteiger partial charge in [0.1, 0.15) is 31.0 Å². The highest BCUT2D eigenvalue weighted by Gasteiger charge is 2.30. The molecule has 0 aromatic carbocycles. The van der Waals surface area contributed by atoms with Crippen molar-refractivity contribution in [3.63, 3.8) is 0 Å². The average Bonchev–Trinajstić information content (AvgIpc) is 2.41. The van der Waals surface area contributed by atoms with Gasteiger partial charge < -0.3 is 35.4 Å². The third-order valence-corrected chi connectivity index (χ3v) is 2.89. The van der Waals surface area contributed by atoms with E-state index in [4.69, 9.17) is 10.2 Å². The molecule has 8 heteroatoms. The number of carbonyl (C=O) groups excluding carboxylic acids is 1. The van der Waals surface area contributed by atoms with Crippen LogP contribution in [-0.2, 0) is 9.53 Å². The van der Waals surface area contributed by atoms with Crippen LogP contribution in [0.15, 0.2) is 0 Å². The maximum atomic E-state index is 11.3. The second-order valence-corrected chi connectivity index (χ2v) is 5.00. The lowest BCUT2D eigenvalue weighted by Gasteiger charge is -2.25. The molecule has 0 aliphatic carbocycles. The average molecular weight is 296 g/mol. The highest BCUT2D eigenvalue weighted by atomic mass is 16.5. The van der Waals surface area contributed by atoms with E-state index >= 15 is 0 Å². The van der Waals surface area contributed by atoms with E-state index in [2.05, 4.69) is 4.74 Å². The molecule has 5 atom stereocenters. The van der Waals surface area contributed by atoms with Crippen molar-refractivity contribution in [2.75, 3.05) is 13.2 Å². The van der Waals surface area contributed by atoms with Gasteiger partial charge in [0, 0.05) is 0 Å². The molecule has 0 aromatic heterocycles. The summed E-state index contributed by atoms with van der Waals surface area (Å²) >= 11 is 0. The SMILES string of the molecule is CC(C)C(O)CC(=O)OC[C@H](O)[C@H](O)[C@@H](O)[C@@H](O)CO. The molecule has 0 heterocycles. The number of hydrogen-bond donors (Lipinski definition) is 6. The van der Waals surface area contributed by atoms with Crippen LogP contribution in [0.4, 0.5) is 0 Å².